The number of carboxylic acid groups (broad SMARTS) is 1. The van der Waals surface area contributed by atoms with E-state index in [1.54, 1.807) is 19.9 Å². The van der Waals surface area contributed by atoms with E-state index in [4.69, 9.17) is 5.11 Å². The van der Waals surface area contributed by atoms with Crippen LogP contribution < -0.4 is 4.72 Å². The van der Waals surface area contributed by atoms with E-state index in [1.165, 1.54) is 6.92 Å². The molecule has 0 atom stereocenters. The van der Waals surface area contributed by atoms with Gasteiger partial charge in [-0.15, -0.1) is 0 Å². The summed E-state index contributed by atoms with van der Waals surface area (Å²) in [6, 6.07) is 1.54. The minimum atomic E-state index is -4.11. The van der Waals surface area contributed by atoms with Crippen LogP contribution >= 0.6 is 0 Å². The highest BCUT2D eigenvalue weighted by atomic mass is 32.2. The monoisotopic (exact) mass is 321 g/mol. The first-order valence-corrected chi connectivity index (χ1v) is 7.64. The second-order valence-electron chi connectivity index (χ2n) is 4.76. The van der Waals surface area contributed by atoms with E-state index in [1.807, 2.05) is 4.72 Å². The van der Waals surface area contributed by atoms with Crippen LogP contribution in [0.5, 0.6) is 0 Å². The SMILES string of the molecule is Cc1cc(C)c(S(=O)(=O)NCC(F)F)c(C)c1CC(=O)O. The van der Waals surface area contributed by atoms with Crippen molar-refractivity contribution in [3.63, 3.8) is 0 Å². The van der Waals surface area contributed by atoms with Crippen molar-refractivity contribution in [3.8, 4) is 0 Å². The summed E-state index contributed by atoms with van der Waals surface area (Å²) in [6.07, 6.45) is -3.13. The van der Waals surface area contributed by atoms with Crippen molar-refractivity contribution in [2.24, 2.45) is 0 Å². The number of aryl methyl sites for hydroxylation is 2. The third-order valence-corrected chi connectivity index (χ3v) is 4.80. The van der Waals surface area contributed by atoms with Crippen molar-refractivity contribution >= 4 is 16.0 Å². The Kier molecular flexibility index (Phi) is 5.41. The van der Waals surface area contributed by atoms with Gasteiger partial charge in [0, 0.05) is 0 Å². The third kappa shape index (κ3) is 4.21. The summed E-state index contributed by atoms with van der Waals surface area (Å²) in [5.74, 6) is -1.09. The largest absolute Gasteiger partial charge is 0.481 e. The molecule has 0 saturated carbocycles. The van der Waals surface area contributed by atoms with Gasteiger partial charge in [0.25, 0.3) is 6.43 Å². The van der Waals surface area contributed by atoms with Crippen LogP contribution in [-0.4, -0.2) is 32.5 Å². The lowest BCUT2D eigenvalue weighted by molar-refractivity contribution is -0.136. The summed E-state index contributed by atoms with van der Waals surface area (Å²) in [7, 11) is -4.11. The Labute approximate surface area is 122 Å². The Morgan fingerprint density at radius 1 is 1.29 bits per heavy atom. The number of carboxylic acids is 1. The zero-order chi connectivity index (χ0) is 16.4. The molecule has 0 unspecified atom stereocenters. The average molecular weight is 321 g/mol. The predicted octanol–water partition coefficient (Wildman–Crippen LogP) is 1.78. The number of rotatable bonds is 6. The number of carbonyl (C=O) groups is 1. The number of halogens is 2. The highest BCUT2D eigenvalue weighted by molar-refractivity contribution is 7.89. The molecular formula is C13H17F2NO4S. The van der Waals surface area contributed by atoms with Crippen LogP contribution in [0.4, 0.5) is 8.78 Å². The van der Waals surface area contributed by atoms with Gasteiger partial charge in [-0.3, -0.25) is 4.79 Å². The van der Waals surface area contributed by atoms with E-state index in [-0.39, 0.29) is 16.9 Å². The molecular weight excluding hydrogens is 304 g/mol. The van der Waals surface area contributed by atoms with Crippen LogP contribution in [-0.2, 0) is 21.2 Å². The molecule has 0 bridgehead atoms. The Morgan fingerprint density at radius 2 is 1.86 bits per heavy atom. The van der Waals surface area contributed by atoms with Crippen molar-refractivity contribution in [1.82, 2.24) is 4.72 Å². The van der Waals surface area contributed by atoms with Gasteiger partial charge < -0.3 is 5.11 Å². The minimum absolute atomic E-state index is 0.134. The molecule has 1 aromatic rings. The number of hydrogen-bond acceptors (Lipinski definition) is 3. The summed E-state index contributed by atoms with van der Waals surface area (Å²) in [5, 5.41) is 8.89. The molecule has 0 fully saturated rings. The van der Waals surface area contributed by atoms with Gasteiger partial charge in [0.05, 0.1) is 17.9 Å². The standard InChI is InChI=1S/C13H17F2NO4S/c1-7-4-8(2)13(9(3)10(7)5-12(17)18)21(19,20)16-6-11(14)15/h4,11,16H,5-6H2,1-3H3,(H,17,18). The second-order valence-corrected chi connectivity index (χ2v) is 6.46. The molecule has 5 nitrogen and oxygen atoms in total. The van der Waals surface area contributed by atoms with Gasteiger partial charge >= 0.3 is 5.97 Å². The van der Waals surface area contributed by atoms with Crippen LogP contribution in [0.15, 0.2) is 11.0 Å². The zero-order valence-electron chi connectivity index (χ0n) is 11.9. The molecule has 118 valence electrons. The van der Waals surface area contributed by atoms with E-state index < -0.39 is 29.0 Å². The van der Waals surface area contributed by atoms with Gasteiger partial charge in [-0.25, -0.2) is 21.9 Å². The van der Waals surface area contributed by atoms with Crippen molar-refractivity contribution < 1.29 is 27.1 Å². The topological polar surface area (TPSA) is 83.5 Å². The zero-order valence-corrected chi connectivity index (χ0v) is 12.7. The molecule has 0 aliphatic rings. The van der Waals surface area contributed by atoms with Crippen LogP contribution in [0.2, 0.25) is 0 Å². The van der Waals surface area contributed by atoms with E-state index >= 15 is 0 Å². The number of benzene rings is 1. The van der Waals surface area contributed by atoms with E-state index in [0.29, 0.717) is 16.7 Å². The lowest BCUT2D eigenvalue weighted by Crippen LogP contribution is -2.30. The summed E-state index contributed by atoms with van der Waals surface area (Å²) in [4.78, 5) is 10.7. The minimum Gasteiger partial charge on any atom is -0.481 e. The normalized spacial score (nSPS) is 11.9. The number of aliphatic carboxylic acids is 1. The lowest BCUT2D eigenvalue weighted by Gasteiger charge is -2.17. The molecule has 0 heterocycles. The fourth-order valence-corrected chi connectivity index (χ4v) is 3.79. The van der Waals surface area contributed by atoms with Crippen LogP contribution in [0, 0.1) is 20.8 Å². The summed E-state index contributed by atoms with van der Waals surface area (Å²) < 4.78 is 50.5. The first-order chi connectivity index (χ1) is 9.56. The molecule has 0 radical (unpaired) electrons. The molecule has 2 N–H and O–H groups in total. The molecule has 0 saturated heterocycles. The summed E-state index contributed by atoms with van der Waals surface area (Å²) in [5.41, 5.74) is 1.70. The van der Waals surface area contributed by atoms with Gasteiger partial charge in [-0.1, -0.05) is 6.07 Å². The number of hydrogen-bond donors (Lipinski definition) is 2. The van der Waals surface area contributed by atoms with E-state index in [9.17, 15) is 22.0 Å². The third-order valence-electron chi connectivity index (χ3n) is 3.08. The quantitative estimate of drug-likeness (QED) is 0.836. The van der Waals surface area contributed by atoms with Gasteiger partial charge in [0.15, 0.2) is 0 Å². The van der Waals surface area contributed by atoms with Crippen molar-refractivity contribution in [3.05, 3.63) is 28.3 Å². The van der Waals surface area contributed by atoms with Gasteiger partial charge in [-0.2, -0.15) is 0 Å². The summed E-state index contributed by atoms with van der Waals surface area (Å²) >= 11 is 0. The molecule has 21 heavy (non-hydrogen) atoms. The maximum Gasteiger partial charge on any atom is 0.307 e. The molecule has 0 aromatic heterocycles. The van der Waals surface area contributed by atoms with Gasteiger partial charge in [0.1, 0.15) is 0 Å². The first kappa shape index (κ1) is 17.5. The van der Waals surface area contributed by atoms with Gasteiger partial charge in [0.2, 0.25) is 10.0 Å². The average Bonchev–Trinajstić information content (AvgIpc) is 2.31. The van der Waals surface area contributed by atoms with E-state index in [2.05, 4.69) is 0 Å². The van der Waals surface area contributed by atoms with Crippen LogP contribution in [0.3, 0.4) is 0 Å². The molecule has 0 amide bonds. The second kappa shape index (κ2) is 6.48. The van der Waals surface area contributed by atoms with Crippen molar-refractivity contribution in [2.75, 3.05) is 6.54 Å². The molecule has 1 aromatic carbocycles. The van der Waals surface area contributed by atoms with E-state index in [0.717, 1.165) is 0 Å². The Balaban J connectivity index is 3.39. The number of nitrogens with one attached hydrogen (secondary N) is 1. The Bertz CT molecular complexity index is 657. The molecule has 0 aliphatic carbocycles. The fraction of sp³-hybridized carbons (Fsp3) is 0.462. The lowest BCUT2D eigenvalue weighted by atomic mass is 9.97. The van der Waals surface area contributed by atoms with Crippen LogP contribution in [0.25, 0.3) is 0 Å². The number of alkyl halides is 2. The highest BCUT2D eigenvalue weighted by Gasteiger charge is 2.24. The Morgan fingerprint density at radius 3 is 2.33 bits per heavy atom. The first-order valence-electron chi connectivity index (χ1n) is 6.15. The van der Waals surface area contributed by atoms with Crippen LogP contribution in [0.1, 0.15) is 22.3 Å². The van der Waals surface area contributed by atoms with Crippen molar-refractivity contribution in [1.29, 1.82) is 0 Å². The molecule has 0 aliphatic heterocycles. The predicted molar refractivity (Wildman–Crippen MR) is 73.2 cm³/mol. The van der Waals surface area contributed by atoms with Crippen molar-refractivity contribution in [2.45, 2.75) is 38.5 Å². The summed E-state index contributed by atoms with van der Waals surface area (Å²) in [6.45, 7) is 3.72. The maximum absolute atomic E-state index is 12.2. The highest BCUT2D eigenvalue weighted by Crippen LogP contribution is 2.26. The molecule has 1 rings (SSSR count). The Hall–Kier alpha value is -1.54. The molecule has 8 heteroatoms. The fourth-order valence-electron chi connectivity index (χ4n) is 2.29. The molecule has 0 spiro atoms. The maximum atomic E-state index is 12.2. The number of sulfonamides is 1. The van der Waals surface area contributed by atoms with Gasteiger partial charge in [-0.05, 0) is 43.0 Å². The smallest absolute Gasteiger partial charge is 0.307 e.